The van der Waals surface area contributed by atoms with Crippen molar-refractivity contribution in [3.63, 3.8) is 0 Å². The molecule has 0 saturated carbocycles. The third kappa shape index (κ3) is 4.39. The number of carbonyl (C=O) groups is 1. The molecule has 2 unspecified atom stereocenters. The van der Waals surface area contributed by atoms with Crippen LogP contribution in [0.15, 0.2) is 36.4 Å². The highest BCUT2D eigenvalue weighted by atomic mass is 16.4. The maximum Gasteiger partial charge on any atom is 0.419 e. The van der Waals surface area contributed by atoms with Gasteiger partial charge in [-0.15, -0.1) is 0 Å². The highest BCUT2D eigenvalue weighted by molar-refractivity contribution is 6.39. The highest BCUT2D eigenvalue weighted by Gasteiger charge is 2.51. The number of nitrogens with zero attached hydrogens (tertiary/aromatic N) is 2. The minimum atomic E-state index is -0.877. The predicted octanol–water partition coefficient (Wildman–Crippen LogP) is 7.60. The number of hydrogen-bond donors (Lipinski definition) is 1. The molecule has 34 heavy (non-hydrogen) atoms. The van der Waals surface area contributed by atoms with E-state index >= 15 is 0 Å². The molecule has 0 bridgehead atoms. The number of para-hydroxylation sites is 2. The summed E-state index contributed by atoms with van der Waals surface area (Å²) in [6.07, 6.45) is 0. The van der Waals surface area contributed by atoms with Crippen LogP contribution in [0.3, 0.4) is 0 Å². The number of benzene rings is 2. The summed E-state index contributed by atoms with van der Waals surface area (Å²) in [6.45, 7) is 21.9. The van der Waals surface area contributed by atoms with Gasteiger partial charge in [0.1, 0.15) is 23.5 Å². The minimum absolute atomic E-state index is 0.00345. The summed E-state index contributed by atoms with van der Waals surface area (Å²) < 4.78 is 2.12. The highest BCUT2D eigenvalue weighted by Crippen LogP contribution is 2.43. The quantitative estimate of drug-likeness (QED) is 0.430. The van der Waals surface area contributed by atoms with Gasteiger partial charge in [-0.2, -0.15) is 0 Å². The second-order valence-electron chi connectivity index (χ2n) is 11.0. The summed E-state index contributed by atoms with van der Waals surface area (Å²) in [5.74, 6) is 0.635. The third-order valence-corrected chi connectivity index (χ3v) is 7.33. The van der Waals surface area contributed by atoms with E-state index in [9.17, 15) is 9.90 Å². The number of aliphatic carboxylic acids is 1. The van der Waals surface area contributed by atoms with Gasteiger partial charge in [0.2, 0.25) is 0 Å². The molecule has 4 heteroatoms. The zero-order valence-electron chi connectivity index (χ0n) is 22.7. The Hall–Kier alpha value is -2.62. The number of carboxylic acid groups (broad SMARTS) is 1. The molecule has 1 N–H and O–H groups in total. The number of anilines is 1. The van der Waals surface area contributed by atoms with Crippen LogP contribution in [0.25, 0.3) is 0 Å². The van der Waals surface area contributed by atoms with Crippen LogP contribution in [0.1, 0.15) is 115 Å². The van der Waals surface area contributed by atoms with Crippen LogP contribution >= 0.6 is 0 Å². The SMILES string of the molecule is CC(C)c1cccc(C(C)C)c1N1C(C(=O)O)=[N+](c2c(C(C)C)cccc2C(C)C)C(C)C1C. The largest absolute Gasteiger partial charge is 0.472 e. The van der Waals surface area contributed by atoms with E-state index in [0.29, 0.717) is 5.84 Å². The average Bonchev–Trinajstić information content (AvgIpc) is 3.02. The standard InChI is InChI=1S/C30H42N2O2/c1-17(2)23-13-11-14-24(18(3)4)27(23)31-21(9)22(10)32(29(31)30(33)34)28-25(19(5)6)15-12-16-26(28)20(7)8/h11-22H,1-10H3/p+1. The van der Waals surface area contributed by atoms with Crippen molar-refractivity contribution in [2.75, 3.05) is 4.90 Å². The first kappa shape index (κ1) is 26.0. The number of amidine groups is 1. The van der Waals surface area contributed by atoms with E-state index in [1.807, 2.05) is 0 Å². The van der Waals surface area contributed by atoms with E-state index in [1.165, 1.54) is 22.3 Å². The van der Waals surface area contributed by atoms with Crippen LogP contribution in [0.5, 0.6) is 0 Å². The topological polar surface area (TPSA) is 43.6 Å². The van der Waals surface area contributed by atoms with Crippen LogP contribution in [0.4, 0.5) is 11.4 Å². The maximum atomic E-state index is 13.1. The van der Waals surface area contributed by atoms with Crippen molar-refractivity contribution in [3.05, 3.63) is 58.7 Å². The summed E-state index contributed by atoms with van der Waals surface area (Å²) in [6, 6.07) is 12.9. The van der Waals surface area contributed by atoms with E-state index in [4.69, 9.17) is 0 Å². The minimum Gasteiger partial charge on any atom is -0.472 e. The Morgan fingerprint density at radius 2 is 1.15 bits per heavy atom. The fourth-order valence-corrected chi connectivity index (χ4v) is 5.34. The summed E-state index contributed by atoms with van der Waals surface area (Å²) in [4.78, 5) is 15.2. The molecule has 2 aromatic rings. The molecule has 0 amide bonds. The molecule has 0 aliphatic carbocycles. The first-order valence-electron chi connectivity index (χ1n) is 12.8. The fourth-order valence-electron chi connectivity index (χ4n) is 5.34. The van der Waals surface area contributed by atoms with E-state index in [1.54, 1.807) is 0 Å². The van der Waals surface area contributed by atoms with Gasteiger partial charge in [0, 0.05) is 22.3 Å². The molecule has 0 spiro atoms. The summed E-state index contributed by atoms with van der Waals surface area (Å²) in [5.41, 5.74) is 6.94. The van der Waals surface area contributed by atoms with Crippen LogP contribution in [-0.4, -0.2) is 33.6 Å². The lowest BCUT2D eigenvalue weighted by Gasteiger charge is -2.25. The van der Waals surface area contributed by atoms with Crippen molar-refractivity contribution < 1.29 is 14.5 Å². The molecule has 1 aliphatic rings. The Labute approximate surface area is 206 Å². The lowest BCUT2D eigenvalue weighted by molar-refractivity contribution is -0.473. The zero-order chi connectivity index (χ0) is 25.5. The van der Waals surface area contributed by atoms with Gasteiger partial charge in [0.05, 0.1) is 0 Å². The number of carboxylic acids is 1. The summed E-state index contributed by atoms with van der Waals surface area (Å²) in [5, 5.41) is 10.7. The second kappa shape index (κ2) is 9.93. The fraction of sp³-hybridized carbons (Fsp3) is 0.533. The Bertz CT molecular complexity index is 1040. The summed E-state index contributed by atoms with van der Waals surface area (Å²) >= 11 is 0. The van der Waals surface area contributed by atoms with E-state index in [0.717, 1.165) is 11.4 Å². The van der Waals surface area contributed by atoms with E-state index in [2.05, 4.69) is 115 Å². The van der Waals surface area contributed by atoms with Crippen molar-refractivity contribution in [1.82, 2.24) is 0 Å². The molecule has 1 heterocycles. The van der Waals surface area contributed by atoms with E-state index < -0.39 is 5.97 Å². The smallest absolute Gasteiger partial charge is 0.419 e. The van der Waals surface area contributed by atoms with E-state index in [-0.39, 0.29) is 35.8 Å². The first-order valence-corrected chi connectivity index (χ1v) is 12.8. The van der Waals surface area contributed by atoms with Gasteiger partial charge in [-0.25, -0.2) is 14.3 Å². The number of hydrogen-bond acceptors (Lipinski definition) is 2. The van der Waals surface area contributed by atoms with Gasteiger partial charge in [-0.05, 0) is 37.5 Å². The maximum absolute atomic E-state index is 13.1. The normalized spacial score (nSPS) is 18.8. The molecule has 1 aliphatic heterocycles. The lowest BCUT2D eigenvalue weighted by Crippen LogP contribution is -2.41. The zero-order valence-corrected chi connectivity index (χ0v) is 22.7. The molecule has 0 radical (unpaired) electrons. The Kier molecular flexibility index (Phi) is 7.59. The Morgan fingerprint density at radius 3 is 1.50 bits per heavy atom. The Balaban J connectivity index is 2.46. The van der Waals surface area contributed by atoms with Crippen LogP contribution in [-0.2, 0) is 4.79 Å². The molecule has 0 fully saturated rings. The van der Waals surface area contributed by atoms with Crippen molar-refractivity contribution in [3.8, 4) is 0 Å². The van der Waals surface area contributed by atoms with Gasteiger partial charge in [-0.1, -0.05) is 91.8 Å². The summed E-state index contributed by atoms with van der Waals surface area (Å²) in [7, 11) is 0. The molecular weight excluding hydrogens is 420 g/mol. The molecule has 184 valence electrons. The molecule has 0 aromatic heterocycles. The molecule has 4 nitrogen and oxygen atoms in total. The predicted molar refractivity (Wildman–Crippen MR) is 143 cm³/mol. The van der Waals surface area contributed by atoms with Crippen molar-refractivity contribution in [2.24, 2.45) is 0 Å². The molecule has 0 saturated heterocycles. The van der Waals surface area contributed by atoms with Crippen molar-refractivity contribution in [2.45, 2.75) is 105 Å². The van der Waals surface area contributed by atoms with Gasteiger partial charge in [-0.3, -0.25) is 0 Å². The third-order valence-electron chi connectivity index (χ3n) is 7.33. The lowest BCUT2D eigenvalue weighted by atomic mass is 9.91. The Morgan fingerprint density at radius 1 is 0.765 bits per heavy atom. The molecule has 3 rings (SSSR count). The number of rotatable bonds is 7. The molecular formula is C30H43N2O2+. The monoisotopic (exact) mass is 463 g/mol. The van der Waals surface area contributed by atoms with Gasteiger partial charge in [0.15, 0.2) is 0 Å². The van der Waals surface area contributed by atoms with Gasteiger partial charge < -0.3 is 5.11 Å². The van der Waals surface area contributed by atoms with Gasteiger partial charge >= 0.3 is 11.8 Å². The average molecular weight is 464 g/mol. The van der Waals surface area contributed by atoms with Crippen LogP contribution < -0.4 is 4.90 Å². The van der Waals surface area contributed by atoms with Gasteiger partial charge in [0.25, 0.3) is 0 Å². The second-order valence-corrected chi connectivity index (χ2v) is 11.0. The van der Waals surface area contributed by atoms with Crippen molar-refractivity contribution >= 4 is 23.2 Å². The van der Waals surface area contributed by atoms with Crippen LogP contribution in [0, 0.1) is 0 Å². The van der Waals surface area contributed by atoms with Crippen molar-refractivity contribution in [1.29, 1.82) is 0 Å². The molecule has 2 atom stereocenters. The first-order chi connectivity index (χ1) is 15.9. The molecule has 2 aromatic carbocycles. The van der Waals surface area contributed by atoms with Crippen LogP contribution in [0.2, 0.25) is 0 Å².